The number of aliphatic imine (C=N–C) groups is 1. The summed E-state index contributed by atoms with van der Waals surface area (Å²) in [6.07, 6.45) is 0. The van der Waals surface area contributed by atoms with Crippen LogP contribution in [0.15, 0.2) is 41.4 Å². The number of nitrogens with one attached hydrogen (secondary N) is 2. The molecule has 0 aromatic heterocycles. The Morgan fingerprint density at radius 1 is 0.926 bits per heavy atom. The Hall–Kier alpha value is -2.16. The highest BCUT2D eigenvalue weighted by Gasteiger charge is 2.15. The van der Waals surface area contributed by atoms with Crippen molar-refractivity contribution in [2.45, 2.75) is 20.0 Å². The Kier molecular flexibility index (Phi) is 9.77. The molecular weight excluding hydrogens is 457 g/mol. The molecule has 0 saturated heterocycles. The highest BCUT2D eigenvalue weighted by Crippen LogP contribution is 2.39. The highest BCUT2D eigenvalue weighted by atomic mass is 127. The van der Waals surface area contributed by atoms with E-state index in [4.69, 9.17) is 14.2 Å². The third-order valence-electron chi connectivity index (χ3n) is 4.00. The average Bonchev–Trinajstić information content (AvgIpc) is 2.67. The fourth-order valence-electron chi connectivity index (χ4n) is 2.71. The van der Waals surface area contributed by atoms with Crippen molar-refractivity contribution < 1.29 is 14.2 Å². The standard InChI is InChI=1S/C20H27N3O3.HI/c1-14-7-6-8-15(11-14)12-22-20(21-2)23-13-16-9-10-17(24-3)19(26-5)18(16)25-4;/h6-11H,12-13H2,1-5H3,(H2,21,22,23);1H. The maximum Gasteiger partial charge on any atom is 0.203 e. The number of guanidine groups is 1. The quantitative estimate of drug-likeness (QED) is 0.357. The minimum Gasteiger partial charge on any atom is -0.493 e. The molecule has 0 heterocycles. The summed E-state index contributed by atoms with van der Waals surface area (Å²) < 4.78 is 16.3. The fourth-order valence-corrected chi connectivity index (χ4v) is 2.71. The molecule has 0 amide bonds. The van der Waals surface area contributed by atoms with Gasteiger partial charge < -0.3 is 24.8 Å². The molecule has 0 aliphatic heterocycles. The fraction of sp³-hybridized carbons (Fsp3) is 0.350. The largest absolute Gasteiger partial charge is 0.493 e. The van der Waals surface area contributed by atoms with Crippen LogP contribution < -0.4 is 24.8 Å². The average molecular weight is 485 g/mol. The van der Waals surface area contributed by atoms with Gasteiger partial charge in [0.2, 0.25) is 5.75 Å². The van der Waals surface area contributed by atoms with Crippen LogP contribution in [0.3, 0.4) is 0 Å². The van der Waals surface area contributed by atoms with Crippen LogP contribution in [0, 0.1) is 6.92 Å². The molecule has 27 heavy (non-hydrogen) atoms. The van der Waals surface area contributed by atoms with Gasteiger partial charge in [-0.2, -0.15) is 0 Å². The Morgan fingerprint density at radius 3 is 2.22 bits per heavy atom. The van der Waals surface area contributed by atoms with Crippen molar-refractivity contribution in [3.05, 3.63) is 53.1 Å². The zero-order valence-corrected chi connectivity index (χ0v) is 18.8. The van der Waals surface area contributed by atoms with Gasteiger partial charge in [-0.1, -0.05) is 29.8 Å². The maximum atomic E-state index is 5.51. The summed E-state index contributed by atoms with van der Waals surface area (Å²) in [5.74, 6) is 2.57. The van der Waals surface area contributed by atoms with Crippen LogP contribution in [0.4, 0.5) is 0 Å². The lowest BCUT2D eigenvalue weighted by Crippen LogP contribution is -2.36. The molecule has 0 saturated carbocycles. The number of ether oxygens (including phenoxy) is 3. The van der Waals surface area contributed by atoms with Crippen LogP contribution in [-0.2, 0) is 13.1 Å². The minimum atomic E-state index is 0. The first-order chi connectivity index (χ1) is 12.6. The molecule has 0 radical (unpaired) electrons. The summed E-state index contributed by atoms with van der Waals surface area (Å²) in [4.78, 5) is 4.27. The van der Waals surface area contributed by atoms with Crippen LogP contribution in [0.25, 0.3) is 0 Å². The van der Waals surface area contributed by atoms with Crippen molar-refractivity contribution in [3.8, 4) is 17.2 Å². The van der Waals surface area contributed by atoms with Crippen LogP contribution >= 0.6 is 24.0 Å². The number of hydrogen-bond acceptors (Lipinski definition) is 4. The second kappa shape index (κ2) is 11.5. The van der Waals surface area contributed by atoms with Gasteiger partial charge in [0.15, 0.2) is 17.5 Å². The number of halogens is 1. The van der Waals surface area contributed by atoms with Crippen LogP contribution in [0.2, 0.25) is 0 Å². The Labute approximate surface area is 178 Å². The summed E-state index contributed by atoms with van der Waals surface area (Å²) in [5.41, 5.74) is 3.39. The summed E-state index contributed by atoms with van der Waals surface area (Å²) in [7, 11) is 6.56. The van der Waals surface area contributed by atoms with E-state index in [2.05, 4.69) is 46.8 Å². The molecule has 2 aromatic rings. The van der Waals surface area contributed by atoms with Gasteiger partial charge in [-0.25, -0.2) is 0 Å². The normalized spacial score (nSPS) is 10.6. The van der Waals surface area contributed by atoms with E-state index in [1.54, 1.807) is 28.4 Å². The second-order valence-electron chi connectivity index (χ2n) is 5.76. The van der Waals surface area contributed by atoms with E-state index >= 15 is 0 Å². The lowest BCUT2D eigenvalue weighted by molar-refractivity contribution is 0.322. The van der Waals surface area contributed by atoms with E-state index in [1.807, 2.05) is 12.1 Å². The number of methoxy groups -OCH3 is 3. The van der Waals surface area contributed by atoms with Crippen molar-refractivity contribution in [1.82, 2.24) is 10.6 Å². The van der Waals surface area contributed by atoms with E-state index in [0.717, 1.165) is 5.56 Å². The molecule has 0 aliphatic carbocycles. The third kappa shape index (κ3) is 6.20. The van der Waals surface area contributed by atoms with Gasteiger partial charge >= 0.3 is 0 Å². The molecule has 0 bridgehead atoms. The van der Waals surface area contributed by atoms with E-state index in [-0.39, 0.29) is 24.0 Å². The predicted octanol–water partition coefficient (Wildman–Crippen LogP) is 3.50. The smallest absolute Gasteiger partial charge is 0.203 e. The number of rotatable bonds is 7. The third-order valence-corrected chi connectivity index (χ3v) is 4.00. The van der Waals surface area contributed by atoms with Crippen LogP contribution in [0.5, 0.6) is 17.2 Å². The lowest BCUT2D eigenvalue weighted by atomic mass is 10.1. The molecule has 2 N–H and O–H groups in total. The molecule has 7 heteroatoms. The lowest BCUT2D eigenvalue weighted by Gasteiger charge is -2.17. The molecule has 0 fully saturated rings. The molecule has 0 spiro atoms. The van der Waals surface area contributed by atoms with Crippen molar-refractivity contribution in [3.63, 3.8) is 0 Å². The Morgan fingerprint density at radius 2 is 1.63 bits per heavy atom. The summed E-state index contributed by atoms with van der Waals surface area (Å²) >= 11 is 0. The van der Waals surface area contributed by atoms with Gasteiger partial charge in [0, 0.05) is 25.7 Å². The highest BCUT2D eigenvalue weighted by molar-refractivity contribution is 14.0. The molecule has 0 atom stereocenters. The summed E-state index contributed by atoms with van der Waals surface area (Å²) in [6, 6.07) is 12.2. The SMILES string of the molecule is CN=C(NCc1cccc(C)c1)NCc1ccc(OC)c(OC)c1OC.I. The van der Waals surface area contributed by atoms with E-state index in [9.17, 15) is 0 Å². The van der Waals surface area contributed by atoms with Crippen molar-refractivity contribution in [2.24, 2.45) is 4.99 Å². The van der Waals surface area contributed by atoms with Gasteiger partial charge in [0.1, 0.15) is 0 Å². The molecule has 0 aliphatic rings. The topological polar surface area (TPSA) is 64.1 Å². The van der Waals surface area contributed by atoms with Gasteiger partial charge in [0.25, 0.3) is 0 Å². The maximum absolute atomic E-state index is 5.51. The number of hydrogen-bond donors (Lipinski definition) is 2. The van der Waals surface area contributed by atoms with Gasteiger partial charge in [-0.3, -0.25) is 4.99 Å². The first-order valence-electron chi connectivity index (χ1n) is 8.40. The monoisotopic (exact) mass is 485 g/mol. The minimum absolute atomic E-state index is 0. The van der Waals surface area contributed by atoms with E-state index in [1.165, 1.54) is 11.1 Å². The molecular formula is C20H28IN3O3. The molecule has 2 rings (SSSR count). The first kappa shape index (κ1) is 22.9. The Balaban J connectivity index is 0.00000364. The van der Waals surface area contributed by atoms with E-state index < -0.39 is 0 Å². The Bertz CT molecular complexity index is 766. The van der Waals surface area contributed by atoms with Gasteiger partial charge in [-0.15, -0.1) is 24.0 Å². The first-order valence-corrected chi connectivity index (χ1v) is 8.40. The second-order valence-corrected chi connectivity index (χ2v) is 5.76. The number of benzene rings is 2. The van der Waals surface area contributed by atoms with Crippen molar-refractivity contribution in [1.29, 1.82) is 0 Å². The van der Waals surface area contributed by atoms with Crippen molar-refractivity contribution >= 4 is 29.9 Å². The molecule has 2 aromatic carbocycles. The van der Waals surface area contributed by atoms with Crippen molar-refractivity contribution in [2.75, 3.05) is 28.4 Å². The van der Waals surface area contributed by atoms with E-state index in [0.29, 0.717) is 36.3 Å². The summed E-state index contributed by atoms with van der Waals surface area (Å²) in [5, 5.41) is 6.61. The number of nitrogens with zero attached hydrogens (tertiary/aromatic N) is 1. The summed E-state index contributed by atoms with van der Waals surface area (Å²) in [6.45, 7) is 3.32. The number of aryl methyl sites for hydroxylation is 1. The van der Waals surface area contributed by atoms with Crippen LogP contribution in [0.1, 0.15) is 16.7 Å². The van der Waals surface area contributed by atoms with Gasteiger partial charge in [-0.05, 0) is 24.6 Å². The zero-order valence-electron chi connectivity index (χ0n) is 16.5. The van der Waals surface area contributed by atoms with Crippen LogP contribution in [-0.4, -0.2) is 34.3 Å². The molecule has 0 unspecified atom stereocenters. The molecule has 148 valence electrons. The molecule has 6 nitrogen and oxygen atoms in total. The van der Waals surface area contributed by atoms with Gasteiger partial charge in [0.05, 0.1) is 21.3 Å². The zero-order chi connectivity index (χ0) is 18.9. The predicted molar refractivity (Wildman–Crippen MR) is 120 cm³/mol.